The summed E-state index contributed by atoms with van der Waals surface area (Å²) in [7, 11) is 0. The van der Waals surface area contributed by atoms with Gasteiger partial charge in [0.2, 0.25) is 6.79 Å². The van der Waals surface area contributed by atoms with Gasteiger partial charge in [0, 0.05) is 34.9 Å². The van der Waals surface area contributed by atoms with Crippen LogP contribution in [0, 0.1) is 0 Å². The van der Waals surface area contributed by atoms with Crippen molar-refractivity contribution in [3.8, 4) is 17.2 Å². The predicted molar refractivity (Wildman–Crippen MR) is 118 cm³/mol. The van der Waals surface area contributed by atoms with Crippen LogP contribution in [0.1, 0.15) is 16.2 Å². The Morgan fingerprint density at radius 2 is 1.88 bits per heavy atom. The lowest BCUT2D eigenvalue weighted by atomic mass is 10.2. The summed E-state index contributed by atoms with van der Waals surface area (Å²) in [6.07, 6.45) is 3.33. The number of anilines is 1. The number of hydrogen-bond donors (Lipinski definition) is 1. The molecule has 0 spiro atoms. The van der Waals surface area contributed by atoms with Crippen LogP contribution < -0.4 is 14.8 Å². The molecule has 0 radical (unpaired) electrons. The number of halogens is 1. The van der Waals surface area contributed by atoms with Crippen molar-refractivity contribution in [2.24, 2.45) is 0 Å². The molecule has 0 saturated heterocycles. The Hall–Kier alpha value is -3.63. The molecule has 3 heterocycles. The third-order valence-electron chi connectivity index (χ3n) is 4.56. The lowest BCUT2D eigenvalue weighted by Gasteiger charge is -2.09. The Labute approximate surface area is 191 Å². The molecule has 0 aliphatic carbocycles. The maximum absolute atomic E-state index is 13.1. The summed E-state index contributed by atoms with van der Waals surface area (Å²) >= 11 is 7.40. The first kappa shape index (κ1) is 20.3. The molecule has 0 unspecified atom stereocenters. The number of carbonyl (C=O) groups is 1. The minimum atomic E-state index is -0.395. The molecule has 160 valence electrons. The van der Waals surface area contributed by atoms with Crippen LogP contribution in [0.4, 0.5) is 5.69 Å². The summed E-state index contributed by atoms with van der Waals surface area (Å²) in [6, 6.07) is 14.1. The molecule has 5 rings (SSSR count). The van der Waals surface area contributed by atoms with Gasteiger partial charge >= 0.3 is 0 Å². The number of thioether (sulfide) groups is 1. The Morgan fingerprint density at radius 1 is 1.09 bits per heavy atom. The lowest BCUT2D eigenvalue weighted by Crippen LogP contribution is -2.15. The maximum atomic E-state index is 13.1. The first-order chi connectivity index (χ1) is 15.7. The fourth-order valence-corrected chi connectivity index (χ4v) is 3.98. The number of benzene rings is 2. The average Bonchev–Trinajstić information content (AvgIpc) is 3.45. The van der Waals surface area contributed by atoms with Gasteiger partial charge in [0.25, 0.3) is 5.91 Å². The van der Waals surface area contributed by atoms with Gasteiger partial charge in [-0.05, 0) is 42.5 Å². The third kappa shape index (κ3) is 4.23. The number of hydrogen-bond acceptors (Lipinski definition) is 8. The summed E-state index contributed by atoms with van der Waals surface area (Å²) in [6.45, 7) is 0.158. The number of nitrogens with zero attached hydrogens (tertiary/aromatic N) is 5. The van der Waals surface area contributed by atoms with E-state index < -0.39 is 5.91 Å². The number of carbonyl (C=O) groups excluding carboxylic acids is 1. The number of ether oxygens (including phenoxy) is 2. The van der Waals surface area contributed by atoms with E-state index >= 15 is 0 Å². The van der Waals surface area contributed by atoms with Crippen molar-refractivity contribution >= 4 is 35.0 Å². The van der Waals surface area contributed by atoms with E-state index in [4.69, 9.17) is 21.1 Å². The molecule has 0 saturated carbocycles. The first-order valence-corrected chi connectivity index (χ1v) is 10.8. The molecule has 1 amide bonds. The molecule has 32 heavy (non-hydrogen) atoms. The normalized spacial score (nSPS) is 12.0. The van der Waals surface area contributed by atoms with Crippen molar-refractivity contribution in [2.45, 2.75) is 10.9 Å². The molecule has 1 aliphatic rings. The van der Waals surface area contributed by atoms with Crippen LogP contribution in [0.3, 0.4) is 0 Å². The molecule has 0 fully saturated rings. The highest BCUT2D eigenvalue weighted by Crippen LogP contribution is 2.34. The van der Waals surface area contributed by atoms with Crippen molar-refractivity contribution in [2.75, 3.05) is 12.1 Å². The van der Waals surface area contributed by atoms with E-state index in [0.717, 1.165) is 5.69 Å². The van der Waals surface area contributed by atoms with Crippen LogP contribution >= 0.6 is 23.4 Å². The summed E-state index contributed by atoms with van der Waals surface area (Å²) in [4.78, 5) is 21.5. The molecule has 2 aromatic carbocycles. The zero-order chi connectivity index (χ0) is 21.9. The highest BCUT2D eigenvalue weighted by atomic mass is 35.5. The molecular formula is C21H15ClN6O3S. The monoisotopic (exact) mass is 466 g/mol. The van der Waals surface area contributed by atoms with Crippen LogP contribution in [-0.4, -0.2) is 37.7 Å². The molecule has 11 heteroatoms. The number of rotatable bonds is 6. The SMILES string of the molecule is O=C(Nc1ccc2c(c1)OCO2)c1nnn(-c2ccc(Cl)cc2)c1CSc1ncccn1. The minimum Gasteiger partial charge on any atom is -0.454 e. The molecule has 4 aromatic rings. The molecule has 2 aromatic heterocycles. The van der Waals surface area contributed by atoms with Crippen LogP contribution in [0.2, 0.25) is 5.02 Å². The molecule has 1 aliphatic heterocycles. The number of amides is 1. The Morgan fingerprint density at radius 3 is 2.69 bits per heavy atom. The quantitative estimate of drug-likeness (QED) is 0.336. The van der Waals surface area contributed by atoms with Gasteiger partial charge in [0.05, 0.1) is 11.4 Å². The van der Waals surface area contributed by atoms with Crippen molar-refractivity contribution in [3.05, 3.63) is 77.3 Å². The second kappa shape index (κ2) is 8.85. The smallest absolute Gasteiger partial charge is 0.278 e. The van der Waals surface area contributed by atoms with Gasteiger partial charge in [-0.3, -0.25) is 4.79 Å². The number of aromatic nitrogens is 5. The highest BCUT2D eigenvalue weighted by Gasteiger charge is 2.22. The zero-order valence-corrected chi connectivity index (χ0v) is 18.0. The first-order valence-electron chi connectivity index (χ1n) is 9.49. The van der Waals surface area contributed by atoms with Gasteiger partial charge < -0.3 is 14.8 Å². The Balaban J connectivity index is 1.45. The Kier molecular flexibility index (Phi) is 5.61. The summed E-state index contributed by atoms with van der Waals surface area (Å²) < 4.78 is 12.3. The Bertz CT molecular complexity index is 1270. The van der Waals surface area contributed by atoms with Crippen molar-refractivity contribution in [1.29, 1.82) is 0 Å². The topological polar surface area (TPSA) is 104 Å². The van der Waals surface area contributed by atoms with Crippen LogP contribution in [0.5, 0.6) is 11.5 Å². The molecular weight excluding hydrogens is 452 g/mol. The zero-order valence-electron chi connectivity index (χ0n) is 16.4. The minimum absolute atomic E-state index is 0.158. The summed E-state index contributed by atoms with van der Waals surface area (Å²) in [5.74, 6) is 1.19. The molecule has 0 atom stereocenters. The standard InChI is InChI=1S/C21H15ClN6O3S/c22-13-2-5-15(6-3-13)28-16(11-32-21-23-8-1-9-24-21)19(26-27-28)20(29)25-14-4-7-17-18(10-14)31-12-30-17/h1-10H,11-12H2,(H,25,29). The van der Waals surface area contributed by atoms with Gasteiger partial charge in [0.1, 0.15) is 0 Å². The average molecular weight is 467 g/mol. The summed E-state index contributed by atoms with van der Waals surface area (Å²) in [5.41, 5.74) is 2.09. The van der Waals surface area contributed by atoms with E-state index in [2.05, 4.69) is 25.6 Å². The van der Waals surface area contributed by atoms with E-state index in [1.54, 1.807) is 53.5 Å². The molecule has 9 nitrogen and oxygen atoms in total. The van der Waals surface area contributed by atoms with Gasteiger partial charge in [-0.2, -0.15) is 0 Å². The summed E-state index contributed by atoms with van der Waals surface area (Å²) in [5, 5.41) is 12.4. The second-order valence-corrected chi connectivity index (χ2v) is 7.99. The van der Waals surface area contributed by atoms with Crippen LogP contribution in [0.15, 0.2) is 66.1 Å². The van der Waals surface area contributed by atoms with E-state index in [0.29, 0.717) is 38.8 Å². The van der Waals surface area contributed by atoms with Crippen molar-refractivity contribution < 1.29 is 14.3 Å². The second-order valence-electron chi connectivity index (χ2n) is 6.62. The van der Waals surface area contributed by atoms with E-state index in [9.17, 15) is 4.79 Å². The fourth-order valence-electron chi connectivity index (χ4n) is 3.05. The fraction of sp³-hybridized carbons (Fsp3) is 0.0952. The highest BCUT2D eigenvalue weighted by molar-refractivity contribution is 7.98. The largest absolute Gasteiger partial charge is 0.454 e. The van der Waals surface area contributed by atoms with Gasteiger partial charge in [-0.25, -0.2) is 14.6 Å². The van der Waals surface area contributed by atoms with Crippen molar-refractivity contribution in [3.63, 3.8) is 0 Å². The van der Waals surface area contributed by atoms with Crippen LogP contribution in [0.25, 0.3) is 5.69 Å². The third-order valence-corrected chi connectivity index (χ3v) is 5.70. The van der Waals surface area contributed by atoms with Crippen LogP contribution in [-0.2, 0) is 5.75 Å². The van der Waals surface area contributed by atoms with Gasteiger partial charge in [-0.15, -0.1) is 5.10 Å². The maximum Gasteiger partial charge on any atom is 0.278 e. The van der Waals surface area contributed by atoms with E-state index in [1.165, 1.54) is 11.8 Å². The lowest BCUT2D eigenvalue weighted by molar-refractivity contribution is 0.102. The number of fused-ring (bicyclic) bond motifs is 1. The van der Waals surface area contributed by atoms with Gasteiger partial charge in [0.15, 0.2) is 22.3 Å². The van der Waals surface area contributed by atoms with E-state index in [1.807, 2.05) is 12.1 Å². The van der Waals surface area contributed by atoms with Crippen molar-refractivity contribution in [1.82, 2.24) is 25.0 Å². The molecule has 1 N–H and O–H groups in total. The van der Waals surface area contributed by atoms with Gasteiger partial charge in [-0.1, -0.05) is 28.6 Å². The predicted octanol–water partition coefficient (Wildman–Crippen LogP) is 3.98. The number of nitrogens with one attached hydrogen (secondary N) is 1. The van der Waals surface area contributed by atoms with E-state index in [-0.39, 0.29) is 12.5 Å². The molecule has 0 bridgehead atoms.